The summed E-state index contributed by atoms with van der Waals surface area (Å²) in [7, 11) is 0. The Balaban J connectivity index is 1.48. The molecule has 2 aromatic heterocycles. The molecule has 0 unspecified atom stereocenters. The molecule has 0 aliphatic carbocycles. The summed E-state index contributed by atoms with van der Waals surface area (Å²) in [5.41, 5.74) is 3.03. The highest BCUT2D eigenvalue weighted by atomic mass is 32.2. The quantitative estimate of drug-likeness (QED) is 0.207. The molecule has 0 bridgehead atoms. The smallest absolute Gasteiger partial charge is 0.270 e. The van der Waals surface area contributed by atoms with Gasteiger partial charge >= 0.3 is 0 Å². The largest absolute Gasteiger partial charge is 0.467 e. The van der Waals surface area contributed by atoms with Crippen molar-refractivity contribution in [3.05, 3.63) is 76.2 Å². The summed E-state index contributed by atoms with van der Waals surface area (Å²) in [6.07, 6.45) is 3.23. The maximum Gasteiger partial charge on any atom is 0.270 e. The average Bonchev–Trinajstić information content (AvgIpc) is 3.22. The minimum Gasteiger partial charge on any atom is -0.467 e. The van der Waals surface area contributed by atoms with E-state index in [4.69, 9.17) is 9.47 Å². The lowest BCUT2D eigenvalue weighted by molar-refractivity contribution is -0.385. The number of benzene rings is 2. The summed E-state index contributed by atoms with van der Waals surface area (Å²) < 4.78 is 12.6. The van der Waals surface area contributed by atoms with Crippen LogP contribution in [0.25, 0.3) is 16.7 Å². The normalized spacial score (nSPS) is 13.1. The fourth-order valence-electron chi connectivity index (χ4n) is 3.34. The molecular weight excluding hydrogens is 406 g/mol. The van der Waals surface area contributed by atoms with E-state index in [1.165, 1.54) is 24.2 Å². The molecule has 150 valence electrons. The van der Waals surface area contributed by atoms with Crippen LogP contribution >= 0.6 is 11.8 Å². The van der Waals surface area contributed by atoms with Crippen LogP contribution < -0.4 is 4.74 Å². The van der Waals surface area contributed by atoms with Gasteiger partial charge in [0.1, 0.15) is 17.1 Å². The Kier molecular flexibility index (Phi) is 4.77. The number of hydrogen-bond donors (Lipinski definition) is 0. The van der Waals surface area contributed by atoms with Gasteiger partial charge in [0.15, 0.2) is 12.4 Å². The van der Waals surface area contributed by atoms with E-state index < -0.39 is 4.92 Å². The summed E-state index contributed by atoms with van der Waals surface area (Å²) in [6.45, 7) is 0.417. The Morgan fingerprint density at radius 1 is 1.20 bits per heavy atom. The third kappa shape index (κ3) is 3.36. The van der Waals surface area contributed by atoms with Gasteiger partial charge in [0.05, 0.1) is 28.8 Å². The van der Waals surface area contributed by atoms with E-state index in [0.29, 0.717) is 22.7 Å². The lowest BCUT2D eigenvalue weighted by atomic mass is 10.1. The van der Waals surface area contributed by atoms with Gasteiger partial charge in [0, 0.05) is 29.0 Å². The lowest BCUT2D eigenvalue weighted by Crippen LogP contribution is -2.13. The van der Waals surface area contributed by atoms with Gasteiger partial charge in [0.2, 0.25) is 0 Å². The van der Waals surface area contributed by atoms with Crippen LogP contribution in [-0.2, 0) is 17.1 Å². The zero-order chi connectivity index (χ0) is 20.5. The number of aromatic nitrogens is 4. The Morgan fingerprint density at radius 3 is 2.90 bits per heavy atom. The van der Waals surface area contributed by atoms with Crippen LogP contribution in [0.5, 0.6) is 5.75 Å². The Morgan fingerprint density at radius 2 is 2.07 bits per heavy atom. The standard InChI is InChI=1S/C20H15N5O4S/c26-25(27)16-6-13-9-28-12-29-18(13)14(7-16)10-30-20-17-8-23-24(19(17)21-11-22-20)15-4-2-1-3-5-15/h1-8,11H,9-10,12H2. The first-order valence-electron chi connectivity index (χ1n) is 9.08. The van der Waals surface area contributed by atoms with Crippen molar-refractivity contribution in [1.82, 2.24) is 19.7 Å². The van der Waals surface area contributed by atoms with E-state index in [2.05, 4.69) is 15.1 Å². The van der Waals surface area contributed by atoms with E-state index in [9.17, 15) is 10.1 Å². The molecule has 4 aromatic rings. The van der Waals surface area contributed by atoms with Crippen LogP contribution in [0.3, 0.4) is 0 Å². The minimum atomic E-state index is -0.407. The van der Waals surface area contributed by atoms with Crippen molar-refractivity contribution in [3.8, 4) is 11.4 Å². The van der Waals surface area contributed by atoms with E-state index in [1.807, 2.05) is 30.3 Å². The number of rotatable bonds is 5. The molecule has 1 aliphatic heterocycles. The first-order chi connectivity index (χ1) is 14.7. The summed E-state index contributed by atoms with van der Waals surface area (Å²) in [5.74, 6) is 1.09. The SMILES string of the molecule is O=[N+]([O-])c1cc2c(c(CSc3ncnc4c3cnn4-c3ccccc3)c1)OCOC2. The third-order valence-corrected chi connectivity index (χ3v) is 5.73. The Hall–Kier alpha value is -3.50. The summed E-state index contributed by atoms with van der Waals surface area (Å²) >= 11 is 1.46. The van der Waals surface area contributed by atoms with Gasteiger partial charge < -0.3 is 9.47 Å². The lowest BCUT2D eigenvalue weighted by Gasteiger charge is -2.20. The molecule has 0 spiro atoms. The summed E-state index contributed by atoms with van der Waals surface area (Å²) in [5, 5.41) is 17.3. The minimum absolute atomic E-state index is 0.0168. The molecular formula is C20H15N5O4S. The predicted octanol–water partition coefficient (Wildman–Crippen LogP) is 3.88. The highest BCUT2D eigenvalue weighted by Gasteiger charge is 2.21. The highest BCUT2D eigenvalue weighted by Crippen LogP contribution is 2.37. The van der Waals surface area contributed by atoms with Crippen LogP contribution in [0.2, 0.25) is 0 Å². The number of para-hydroxylation sites is 1. The van der Waals surface area contributed by atoms with E-state index in [0.717, 1.165) is 21.7 Å². The van der Waals surface area contributed by atoms with Crippen molar-refractivity contribution in [2.45, 2.75) is 17.4 Å². The zero-order valence-electron chi connectivity index (χ0n) is 15.6. The molecule has 10 heteroatoms. The molecule has 0 fully saturated rings. The molecule has 5 rings (SSSR count). The van der Waals surface area contributed by atoms with Crippen molar-refractivity contribution >= 4 is 28.5 Å². The first kappa shape index (κ1) is 18.5. The number of fused-ring (bicyclic) bond motifs is 2. The predicted molar refractivity (Wildman–Crippen MR) is 110 cm³/mol. The summed E-state index contributed by atoms with van der Waals surface area (Å²) in [6, 6.07) is 12.8. The second-order valence-electron chi connectivity index (χ2n) is 6.56. The molecule has 3 heterocycles. The molecule has 2 aromatic carbocycles. The topological polar surface area (TPSA) is 105 Å². The number of ether oxygens (including phenoxy) is 2. The second-order valence-corrected chi connectivity index (χ2v) is 7.52. The fourth-order valence-corrected chi connectivity index (χ4v) is 4.26. The molecule has 0 N–H and O–H groups in total. The zero-order valence-corrected chi connectivity index (χ0v) is 16.4. The molecule has 9 nitrogen and oxygen atoms in total. The molecule has 0 amide bonds. The Bertz CT molecular complexity index is 1240. The second kappa shape index (κ2) is 7.73. The molecule has 30 heavy (non-hydrogen) atoms. The molecule has 0 atom stereocenters. The van der Waals surface area contributed by atoms with Crippen molar-refractivity contribution in [3.63, 3.8) is 0 Å². The van der Waals surface area contributed by atoms with Gasteiger partial charge in [-0.15, -0.1) is 11.8 Å². The number of nitro groups is 1. The van der Waals surface area contributed by atoms with Crippen molar-refractivity contribution in [2.24, 2.45) is 0 Å². The van der Waals surface area contributed by atoms with Gasteiger partial charge in [0.25, 0.3) is 5.69 Å². The third-order valence-electron chi connectivity index (χ3n) is 4.68. The molecule has 0 radical (unpaired) electrons. The van der Waals surface area contributed by atoms with Crippen LogP contribution in [0, 0.1) is 10.1 Å². The van der Waals surface area contributed by atoms with Crippen molar-refractivity contribution < 1.29 is 14.4 Å². The number of thioether (sulfide) groups is 1. The van der Waals surface area contributed by atoms with E-state index in [-0.39, 0.29) is 19.1 Å². The number of non-ortho nitro benzene ring substituents is 1. The van der Waals surface area contributed by atoms with Gasteiger partial charge in [-0.2, -0.15) is 5.10 Å². The van der Waals surface area contributed by atoms with Crippen LogP contribution in [0.1, 0.15) is 11.1 Å². The average molecular weight is 421 g/mol. The van der Waals surface area contributed by atoms with Gasteiger partial charge in [-0.3, -0.25) is 10.1 Å². The summed E-state index contributed by atoms with van der Waals surface area (Å²) in [4.78, 5) is 19.7. The van der Waals surface area contributed by atoms with Crippen LogP contribution in [0.15, 0.2) is 60.0 Å². The molecule has 0 saturated heterocycles. The molecule has 0 saturated carbocycles. The van der Waals surface area contributed by atoms with Gasteiger partial charge in [-0.1, -0.05) is 18.2 Å². The maximum atomic E-state index is 11.3. The van der Waals surface area contributed by atoms with E-state index in [1.54, 1.807) is 16.9 Å². The van der Waals surface area contributed by atoms with Gasteiger partial charge in [-0.05, 0) is 12.1 Å². The van der Waals surface area contributed by atoms with Crippen molar-refractivity contribution in [1.29, 1.82) is 0 Å². The number of nitrogens with zero attached hydrogens (tertiary/aromatic N) is 5. The Labute approximate surface area is 174 Å². The highest BCUT2D eigenvalue weighted by molar-refractivity contribution is 7.98. The van der Waals surface area contributed by atoms with Gasteiger partial charge in [-0.25, -0.2) is 14.6 Å². The van der Waals surface area contributed by atoms with E-state index >= 15 is 0 Å². The number of nitro benzene ring substituents is 1. The maximum absolute atomic E-state index is 11.3. The molecule has 1 aliphatic rings. The van der Waals surface area contributed by atoms with Crippen LogP contribution in [-0.4, -0.2) is 31.5 Å². The van der Waals surface area contributed by atoms with Crippen LogP contribution in [0.4, 0.5) is 5.69 Å². The number of hydrogen-bond acceptors (Lipinski definition) is 8. The monoisotopic (exact) mass is 421 g/mol. The first-order valence-corrected chi connectivity index (χ1v) is 10.1. The fraction of sp³-hybridized carbons (Fsp3) is 0.150. The van der Waals surface area contributed by atoms with Crippen molar-refractivity contribution in [2.75, 3.05) is 6.79 Å².